The van der Waals surface area contributed by atoms with Gasteiger partial charge in [-0.3, -0.25) is 4.79 Å². The Morgan fingerprint density at radius 1 is 1.40 bits per heavy atom. The quantitative estimate of drug-likeness (QED) is 0.804. The number of nitrogens with one attached hydrogen (secondary N) is 1. The average molecular weight is 205 g/mol. The third-order valence-corrected chi connectivity index (χ3v) is 2.15. The van der Waals surface area contributed by atoms with E-state index in [9.17, 15) is 4.79 Å². The van der Waals surface area contributed by atoms with Crippen molar-refractivity contribution in [2.75, 3.05) is 0 Å². The van der Waals surface area contributed by atoms with Gasteiger partial charge in [0.25, 0.3) is 5.91 Å². The van der Waals surface area contributed by atoms with E-state index in [1.165, 1.54) is 5.56 Å². The minimum atomic E-state index is 0.0166. The van der Waals surface area contributed by atoms with E-state index in [2.05, 4.69) is 18.3 Å². The Kier molecular flexibility index (Phi) is 4.35. The van der Waals surface area contributed by atoms with E-state index in [0.717, 1.165) is 18.4 Å². The van der Waals surface area contributed by atoms with Crippen LogP contribution in [0.4, 0.5) is 0 Å². The van der Waals surface area contributed by atoms with Crippen LogP contribution in [0.2, 0.25) is 0 Å². The molecule has 1 amide bonds. The zero-order valence-corrected chi connectivity index (χ0v) is 9.71. The molecule has 0 atom stereocenters. The predicted molar refractivity (Wildman–Crippen MR) is 63.0 cm³/mol. The molecule has 2 heteroatoms. The largest absolute Gasteiger partial charge is 0.350 e. The van der Waals surface area contributed by atoms with E-state index < -0.39 is 0 Å². The number of rotatable bonds is 4. The Hall–Kier alpha value is -1.31. The van der Waals surface area contributed by atoms with Crippen molar-refractivity contribution in [2.45, 2.75) is 39.7 Å². The first-order chi connectivity index (χ1) is 7.13. The smallest absolute Gasteiger partial charge is 0.251 e. The van der Waals surface area contributed by atoms with Crippen molar-refractivity contribution in [3.63, 3.8) is 0 Å². The lowest BCUT2D eigenvalue weighted by atomic mass is 10.1. The molecule has 0 aliphatic rings. The summed E-state index contributed by atoms with van der Waals surface area (Å²) in [4.78, 5) is 11.7. The van der Waals surface area contributed by atoms with Gasteiger partial charge in [0.05, 0.1) is 0 Å². The highest BCUT2D eigenvalue weighted by atomic mass is 16.1. The van der Waals surface area contributed by atoms with Gasteiger partial charge in [-0.15, -0.1) is 0 Å². The van der Waals surface area contributed by atoms with Crippen LogP contribution in [-0.2, 0) is 6.42 Å². The lowest BCUT2D eigenvalue weighted by Crippen LogP contribution is -2.30. The van der Waals surface area contributed by atoms with E-state index in [-0.39, 0.29) is 11.9 Å². The van der Waals surface area contributed by atoms with Gasteiger partial charge in [0.15, 0.2) is 0 Å². The van der Waals surface area contributed by atoms with Crippen LogP contribution in [0.5, 0.6) is 0 Å². The molecular weight excluding hydrogens is 186 g/mol. The van der Waals surface area contributed by atoms with Gasteiger partial charge in [-0.1, -0.05) is 25.5 Å². The molecule has 0 aromatic heterocycles. The monoisotopic (exact) mass is 205 g/mol. The molecular formula is C13H19NO. The molecule has 1 N–H and O–H groups in total. The van der Waals surface area contributed by atoms with Crippen LogP contribution in [-0.4, -0.2) is 11.9 Å². The SMILES string of the molecule is CCCc1cccc(C(=O)NC(C)C)c1. The Balaban J connectivity index is 2.76. The van der Waals surface area contributed by atoms with Gasteiger partial charge in [-0.25, -0.2) is 0 Å². The summed E-state index contributed by atoms with van der Waals surface area (Å²) >= 11 is 0. The highest BCUT2D eigenvalue weighted by molar-refractivity contribution is 5.94. The van der Waals surface area contributed by atoms with E-state index in [0.29, 0.717) is 0 Å². The summed E-state index contributed by atoms with van der Waals surface area (Å²) in [6.07, 6.45) is 2.14. The molecule has 1 aromatic carbocycles. The molecule has 0 saturated heterocycles. The Morgan fingerprint density at radius 2 is 2.13 bits per heavy atom. The average Bonchev–Trinajstić information content (AvgIpc) is 2.17. The highest BCUT2D eigenvalue weighted by Crippen LogP contribution is 2.07. The van der Waals surface area contributed by atoms with Crippen molar-refractivity contribution in [1.82, 2.24) is 5.32 Å². The van der Waals surface area contributed by atoms with Crippen LogP contribution in [0.1, 0.15) is 43.1 Å². The zero-order chi connectivity index (χ0) is 11.3. The number of carbonyl (C=O) groups excluding carboxylic acids is 1. The van der Waals surface area contributed by atoms with Gasteiger partial charge in [0, 0.05) is 11.6 Å². The van der Waals surface area contributed by atoms with Crippen molar-refractivity contribution in [1.29, 1.82) is 0 Å². The van der Waals surface area contributed by atoms with E-state index in [1.807, 2.05) is 32.0 Å². The summed E-state index contributed by atoms with van der Waals surface area (Å²) in [5.41, 5.74) is 1.99. The van der Waals surface area contributed by atoms with Crippen molar-refractivity contribution in [3.05, 3.63) is 35.4 Å². The molecule has 0 bridgehead atoms. The fourth-order valence-electron chi connectivity index (χ4n) is 1.50. The molecule has 0 aliphatic heterocycles. The third-order valence-electron chi connectivity index (χ3n) is 2.15. The number of hydrogen-bond donors (Lipinski definition) is 1. The second kappa shape index (κ2) is 5.54. The van der Waals surface area contributed by atoms with E-state index >= 15 is 0 Å². The summed E-state index contributed by atoms with van der Waals surface area (Å²) in [5.74, 6) is 0.0166. The van der Waals surface area contributed by atoms with Gasteiger partial charge in [-0.05, 0) is 38.0 Å². The van der Waals surface area contributed by atoms with Gasteiger partial charge >= 0.3 is 0 Å². The van der Waals surface area contributed by atoms with Crippen molar-refractivity contribution >= 4 is 5.91 Å². The maximum atomic E-state index is 11.7. The van der Waals surface area contributed by atoms with Crippen LogP contribution in [0.15, 0.2) is 24.3 Å². The van der Waals surface area contributed by atoms with Crippen LogP contribution >= 0.6 is 0 Å². The molecule has 0 fully saturated rings. The normalized spacial score (nSPS) is 10.4. The predicted octanol–water partition coefficient (Wildman–Crippen LogP) is 2.78. The van der Waals surface area contributed by atoms with E-state index in [1.54, 1.807) is 0 Å². The summed E-state index contributed by atoms with van der Waals surface area (Å²) in [6, 6.07) is 8.03. The molecule has 1 aromatic rings. The lowest BCUT2D eigenvalue weighted by molar-refractivity contribution is 0.0943. The minimum Gasteiger partial charge on any atom is -0.350 e. The fourth-order valence-corrected chi connectivity index (χ4v) is 1.50. The van der Waals surface area contributed by atoms with E-state index in [4.69, 9.17) is 0 Å². The second-order valence-corrected chi connectivity index (χ2v) is 4.08. The van der Waals surface area contributed by atoms with Crippen molar-refractivity contribution in [3.8, 4) is 0 Å². The molecule has 0 heterocycles. The van der Waals surface area contributed by atoms with Gasteiger partial charge in [-0.2, -0.15) is 0 Å². The lowest BCUT2D eigenvalue weighted by Gasteiger charge is -2.09. The minimum absolute atomic E-state index is 0.0166. The third kappa shape index (κ3) is 3.74. The summed E-state index contributed by atoms with van der Waals surface area (Å²) < 4.78 is 0. The first-order valence-electron chi connectivity index (χ1n) is 5.53. The number of carbonyl (C=O) groups is 1. The number of benzene rings is 1. The first kappa shape index (κ1) is 11.8. The topological polar surface area (TPSA) is 29.1 Å². The first-order valence-corrected chi connectivity index (χ1v) is 5.53. The van der Waals surface area contributed by atoms with Crippen molar-refractivity contribution in [2.24, 2.45) is 0 Å². The summed E-state index contributed by atoms with van der Waals surface area (Å²) in [6.45, 7) is 6.07. The van der Waals surface area contributed by atoms with Gasteiger partial charge in [0.1, 0.15) is 0 Å². The molecule has 0 spiro atoms. The molecule has 0 unspecified atom stereocenters. The van der Waals surface area contributed by atoms with Crippen LogP contribution in [0.25, 0.3) is 0 Å². The number of amides is 1. The fraction of sp³-hybridized carbons (Fsp3) is 0.462. The number of hydrogen-bond acceptors (Lipinski definition) is 1. The molecule has 0 aliphatic carbocycles. The van der Waals surface area contributed by atoms with Crippen LogP contribution in [0, 0.1) is 0 Å². The molecule has 15 heavy (non-hydrogen) atoms. The molecule has 1 rings (SSSR count). The maximum absolute atomic E-state index is 11.7. The number of aryl methyl sites for hydroxylation is 1. The molecule has 0 radical (unpaired) electrons. The Bertz CT molecular complexity index is 331. The Labute approximate surface area is 91.7 Å². The standard InChI is InChI=1S/C13H19NO/c1-4-6-11-7-5-8-12(9-11)13(15)14-10(2)3/h5,7-10H,4,6H2,1-3H3,(H,14,15). The summed E-state index contributed by atoms with van der Waals surface area (Å²) in [5, 5.41) is 2.89. The maximum Gasteiger partial charge on any atom is 0.251 e. The molecule has 82 valence electrons. The van der Waals surface area contributed by atoms with Crippen LogP contribution in [0.3, 0.4) is 0 Å². The summed E-state index contributed by atoms with van der Waals surface area (Å²) in [7, 11) is 0. The highest BCUT2D eigenvalue weighted by Gasteiger charge is 2.06. The van der Waals surface area contributed by atoms with Crippen LogP contribution < -0.4 is 5.32 Å². The zero-order valence-electron chi connectivity index (χ0n) is 9.71. The molecule has 0 saturated carbocycles. The Morgan fingerprint density at radius 3 is 2.73 bits per heavy atom. The van der Waals surface area contributed by atoms with Gasteiger partial charge in [0.2, 0.25) is 0 Å². The second-order valence-electron chi connectivity index (χ2n) is 4.08. The van der Waals surface area contributed by atoms with Gasteiger partial charge < -0.3 is 5.32 Å². The molecule has 2 nitrogen and oxygen atoms in total. The van der Waals surface area contributed by atoms with Crippen molar-refractivity contribution < 1.29 is 4.79 Å².